The Morgan fingerprint density at radius 3 is 2.39 bits per heavy atom. The second-order valence-corrected chi connectivity index (χ2v) is 5.41. The fourth-order valence-electron chi connectivity index (χ4n) is 2.02. The van der Waals surface area contributed by atoms with Gasteiger partial charge in [0, 0.05) is 11.6 Å². The van der Waals surface area contributed by atoms with Crippen molar-refractivity contribution in [2.45, 2.75) is 53.5 Å². The molecule has 1 rings (SSSR count). The molecule has 1 amide bonds. The Morgan fingerprint density at radius 2 is 1.89 bits per heavy atom. The zero-order valence-electron chi connectivity index (χ0n) is 12.2. The van der Waals surface area contributed by atoms with E-state index in [4.69, 9.17) is 0 Å². The number of amides is 1. The fraction of sp³-hybridized carbons (Fsp3) is 0.562. The van der Waals surface area contributed by atoms with E-state index < -0.39 is 0 Å². The summed E-state index contributed by atoms with van der Waals surface area (Å²) in [5, 5.41) is 3.14. The number of aryl methyl sites for hydroxylation is 2. The summed E-state index contributed by atoms with van der Waals surface area (Å²) in [6, 6.07) is 6.15. The molecular weight excluding hydrogens is 222 g/mol. The fourth-order valence-corrected chi connectivity index (χ4v) is 2.02. The van der Waals surface area contributed by atoms with Crippen molar-refractivity contribution in [3.05, 3.63) is 34.9 Å². The molecule has 0 aliphatic rings. The van der Waals surface area contributed by atoms with Crippen molar-refractivity contribution < 1.29 is 4.79 Å². The third kappa shape index (κ3) is 3.86. The minimum atomic E-state index is 0.0465. The lowest BCUT2D eigenvalue weighted by Gasteiger charge is -2.22. The smallest absolute Gasteiger partial charge is 0.251 e. The van der Waals surface area contributed by atoms with Crippen LogP contribution in [0, 0.1) is 19.8 Å². The molecule has 1 unspecified atom stereocenters. The van der Waals surface area contributed by atoms with Crippen LogP contribution in [0.1, 0.15) is 55.1 Å². The van der Waals surface area contributed by atoms with E-state index >= 15 is 0 Å². The molecule has 0 saturated heterocycles. The van der Waals surface area contributed by atoms with Crippen LogP contribution in [0.2, 0.25) is 0 Å². The van der Waals surface area contributed by atoms with E-state index in [0.29, 0.717) is 5.92 Å². The van der Waals surface area contributed by atoms with E-state index in [0.717, 1.165) is 18.4 Å². The number of carbonyl (C=O) groups excluding carboxylic acids is 1. The Morgan fingerprint density at radius 1 is 1.22 bits per heavy atom. The van der Waals surface area contributed by atoms with Gasteiger partial charge >= 0.3 is 0 Å². The molecule has 0 heterocycles. The summed E-state index contributed by atoms with van der Waals surface area (Å²) >= 11 is 0. The number of nitrogens with one attached hydrogen (secondary N) is 1. The normalized spacial score (nSPS) is 12.6. The maximum atomic E-state index is 12.2. The van der Waals surface area contributed by atoms with Crippen LogP contribution < -0.4 is 5.32 Å². The van der Waals surface area contributed by atoms with E-state index in [2.05, 4.69) is 33.0 Å². The Hall–Kier alpha value is -1.31. The maximum Gasteiger partial charge on any atom is 0.251 e. The Balaban J connectivity index is 2.77. The van der Waals surface area contributed by atoms with Gasteiger partial charge in [-0.05, 0) is 49.4 Å². The highest BCUT2D eigenvalue weighted by Crippen LogP contribution is 2.12. The molecule has 18 heavy (non-hydrogen) atoms. The van der Waals surface area contributed by atoms with E-state index in [-0.39, 0.29) is 11.9 Å². The number of hydrogen-bond acceptors (Lipinski definition) is 1. The summed E-state index contributed by atoms with van der Waals surface area (Å²) in [4.78, 5) is 12.2. The van der Waals surface area contributed by atoms with Crippen LogP contribution in [0.5, 0.6) is 0 Å². The first-order valence-electron chi connectivity index (χ1n) is 6.83. The minimum absolute atomic E-state index is 0.0465. The average molecular weight is 247 g/mol. The molecule has 1 aromatic carbocycles. The van der Waals surface area contributed by atoms with Crippen molar-refractivity contribution in [3.8, 4) is 0 Å². The number of rotatable bonds is 5. The van der Waals surface area contributed by atoms with Crippen molar-refractivity contribution in [2.75, 3.05) is 0 Å². The van der Waals surface area contributed by atoms with Crippen LogP contribution in [-0.2, 0) is 0 Å². The van der Waals surface area contributed by atoms with Crippen molar-refractivity contribution in [1.82, 2.24) is 5.32 Å². The van der Waals surface area contributed by atoms with Gasteiger partial charge < -0.3 is 5.32 Å². The quantitative estimate of drug-likeness (QED) is 0.841. The van der Waals surface area contributed by atoms with Crippen LogP contribution in [0.25, 0.3) is 0 Å². The molecule has 1 aromatic rings. The first-order chi connectivity index (χ1) is 8.45. The molecule has 2 nitrogen and oxygen atoms in total. The molecule has 0 radical (unpaired) electrons. The average Bonchev–Trinajstić information content (AvgIpc) is 2.31. The third-order valence-corrected chi connectivity index (χ3v) is 3.49. The van der Waals surface area contributed by atoms with Gasteiger partial charge in [0.2, 0.25) is 0 Å². The zero-order valence-corrected chi connectivity index (χ0v) is 12.2. The second kappa shape index (κ2) is 6.58. The molecule has 0 aromatic heterocycles. The first-order valence-corrected chi connectivity index (χ1v) is 6.83. The van der Waals surface area contributed by atoms with Gasteiger partial charge in [0.05, 0.1) is 0 Å². The van der Waals surface area contributed by atoms with Gasteiger partial charge in [-0.15, -0.1) is 0 Å². The highest BCUT2D eigenvalue weighted by Gasteiger charge is 2.16. The highest BCUT2D eigenvalue weighted by atomic mass is 16.1. The predicted molar refractivity (Wildman–Crippen MR) is 76.9 cm³/mol. The van der Waals surface area contributed by atoms with Gasteiger partial charge in [-0.25, -0.2) is 0 Å². The molecule has 2 heteroatoms. The molecule has 0 saturated carbocycles. The van der Waals surface area contributed by atoms with Crippen molar-refractivity contribution in [1.29, 1.82) is 0 Å². The van der Waals surface area contributed by atoms with E-state index in [9.17, 15) is 4.79 Å². The van der Waals surface area contributed by atoms with E-state index in [1.165, 1.54) is 11.1 Å². The SMILES string of the molecule is CCCC(NC(=O)c1ccc(C)c(C)c1)C(C)C. The number of hydrogen-bond donors (Lipinski definition) is 1. The van der Waals surface area contributed by atoms with Crippen LogP contribution in [0.3, 0.4) is 0 Å². The Kier molecular flexibility index (Phi) is 5.39. The highest BCUT2D eigenvalue weighted by molar-refractivity contribution is 5.94. The van der Waals surface area contributed by atoms with Crippen LogP contribution in [-0.4, -0.2) is 11.9 Å². The monoisotopic (exact) mass is 247 g/mol. The maximum absolute atomic E-state index is 12.2. The lowest BCUT2D eigenvalue weighted by molar-refractivity contribution is 0.0923. The molecule has 0 spiro atoms. The van der Waals surface area contributed by atoms with Crippen molar-refractivity contribution in [3.63, 3.8) is 0 Å². The summed E-state index contributed by atoms with van der Waals surface area (Å²) in [6.07, 6.45) is 2.13. The Bertz CT molecular complexity index is 410. The van der Waals surface area contributed by atoms with Gasteiger partial charge in [0.1, 0.15) is 0 Å². The van der Waals surface area contributed by atoms with Crippen LogP contribution in [0.15, 0.2) is 18.2 Å². The van der Waals surface area contributed by atoms with Crippen molar-refractivity contribution >= 4 is 5.91 Å². The predicted octanol–water partition coefficient (Wildman–Crippen LogP) is 3.86. The topological polar surface area (TPSA) is 29.1 Å². The summed E-state index contributed by atoms with van der Waals surface area (Å²) < 4.78 is 0. The second-order valence-electron chi connectivity index (χ2n) is 5.41. The molecule has 0 aliphatic heterocycles. The first kappa shape index (κ1) is 14.7. The van der Waals surface area contributed by atoms with Gasteiger partial charge in [-0.2, -0.15) is 0 Å². The number of carbonyl (C=O) groups is 1. The summed E-state index contributed by atoms with van der Waals surface area (Å²) in [5.74, 6) is 0.519. The standard InChI is InChI=1S/C16H25NO/c1-6-7-15(11(2)3)17-16(18)14-9-8-12(4)13(5)10-14/h8-11,15H,6-7H2,1-5H3,(H,17,18). The molecule has 100 valence electrons. The molecule has 0 aliphatic carbocycles. The van der Waals surface area contributed by atoms with E-state index in [1.54, 1.807) is 0 Å². The van der Waals surface area contributed by atoms with Gasteiger partial charge in [0.25, 0.3) is 5.91 Å². The molecule has 1 N–H and O–H groups in total. The number of benzene rings is 1. The lowest BCUT2D eigenvalue weighted by atomic mass is 9.98. The van der Waals surface area contributed by atoms with Crippen LogP contribution >= 0.6 is 0 Å². The van der Waals surface area contributed by atoms with Crippen molar-refractivity contribution in [2.24, 2.45) is 5.92 Å². The zero-order chi connectivity index (χ0) is 13.7. The van der Waals surface area contributed by atoms with Crippen LogP contribution in [0.4, 0.5) is 0 Å². The van der Waals surface area contributed by atoms with Gasteiger partial charge in [0.15, 0.2) is 0 Å². The summed E-state index contributed by atoms with van der Waals surface area (Å²) in [7, 11) is 0. The summed E-state index contributed by atoms with van der Waals surface area (Å²) in [5.41, 5.74) is 3.15. The molecule has 0 bridgehead atoms. The Labute approximate surface area is 111 Å². The third-order valence-electron chi connectivity index (χ3n) is 3.49. The minimum Gasteiger partial charge on any atom is -0.349 e. The molecule has 0 fully saturated rings. The molecule has 1 atom stereocenters. The van der Waals surface area contributed by atoms with Gasteiger partial charge in [-0.3, -0.25) is 4.79 Å². The van der Waals surface area contributed by atoms with Gasteiger partial charge in [-0.1, -0.05) is 33.3 Å². The molecular formula is C16H25NO. The largest absolute Gasteiger partial charge is 0.349 e. The van der Waals surface area contributed by atoms with E-state index in [1.807, 2.05) is 25.1 Å². The summed E-state index contributed by atoms with van der Waals surface area (Å²) in [6.45, 7) is 10.6. The lowest BCUT2D eigenvalue weighted by Crippen LogP contribution is -2.38.